The largest absolute Gasteiger partial charge is 0.390 e. The SMILES string of the molecule is CCNc1c(F)cc(F)cc1CC(Nc1ncns1)C(O)CNCCCCCCCc1cccc(C(C)(C)C)c1. The molecule has 6 nitrogen and oxygen atoms in total. The fraction of sp³-hybridized carbons (Fsp3) is 0.548. The van der Waals surface area contributed by atoms with Crippen LogP contribution in [0.5, 0.6) is 0 Å². The molecule has 0 fully saturated rings. The van der Waals surface area contributed by atoms with Crippen LogP contribution in [0.25, 0.3) is 0 Å². The van der Waals surface area contributed by atoms with E-state index in [0.29, 0.717) is 23.8 Å². The number of aliphatic hydroxyl groups excluding tert-OH is 1. The van der Waals surface area contributed by atoms with Crippen molar-refractivity contribution in [2.75, 3.05) is 30.3 Å². The first-order valence-corrected chi connectivity index (χ1v) is 15.2. The molecule has 220 valence electrons. The van der Waals surface area contributed by atoms with Crippen molar-refractivity contribution < 1.29 is 13.9 Å². The molecular formula is C31H45F2N5OS. The quantitative estimate of drug-likeness (QED) is 0.134. The molecule has 0 aliphatic carbocycles. The Hall–Kier alpha value is -2.62. The fourth-order valence-corrected chi connectivity index (χ4v) is 5.27. The molecule has 0 saturated heterocycles. The van der Waals surface area contributed by atoms with Gasteiger partial charge in [-0.1, -0.05) is 64.3 Å². The van der Waals surface area contributed by atoms with Gasteiger partial charge < -0.3 is 21.1 Å². The number of benzene rings is 2. The van der Waals surface area contributed by atoms with Crippen LogP contribution in [-0.2, 0) is 18.3 Å². The smallest absolute Gasteiger partial charge is 0.202 e. The van der Waals surface area contributed by atoms with Crippen LogP contribution in [0.4, 0.5) is 19.6 Å². The third kappa shape index (κ3) is 10.4. The van der Waals surface area contributed by atoms with Gasteiger partial charge in [0.05, 0.1) is 17.8 Å². The summed E-state index contributed by atoms with van der Waals surface area (Å²) in [5, 5.41) is 21.1. The average Bonchev–Trinajstić information content (AvgIpc) is 3.42. The lowest BCUT2D eigenvalue weighted by molar-refractivity contribution is 0.149. The zero-order valence-corrected chi connectivity index (χ0v) is 25.1. The highest BCUT2D eigenvalue weighted by molar-refractivity contribution is 7.09. The molecular weight excluding hydrogens is 528 g/mol. The molecule has 3 rings (SSSR count). The number of unbranched alkanes of at least 4 members (excludes halogenated alkanes) is 4. The van der Waals surface area contributed by atoms with Crippen LogP contribution in [-0.4, -0.2) is 46.2 Å². The minimum absolute atomic E-state index is 0.178. The van der Waals surface area contributed by atoms with Crippen molar-refractivity contribution in [3.05, 3.63) is 71.1 Å². The second kappa shape index (κ2) is 16.0. The predicted octanol–water partition coefficient (Wildman–Crippen LogP) is 6.71. The van der Waals surface area contributed by atoms with E-state index >= 15 is 0 Å². The van der Waals surface area contributed by atoms with Gasteiger partial charge in [-0.3, -0.25) is 0 Å². The van der Waals surface area contributed by atoms with E-state index in [9.17, 15) is 13.9 Å². The molecule has 0 saturated carbocycles. The number of rotatable bonds is 17. The van der Waals surface area contributed by atoms with Gasteiger partial charge in [-0.05, 0) is 67.3 Å². The first kappa shape index (κ1) is 31.9. The van der Waals surface area contributed by atoms with Crippen LogP contribution in [0.1, 0.15) is 76.5 Å². The van der Waals surface area contributed by atoms with E-state index < -0.39 is 23.8 Å². The first-order valence-electron chi connectivity index (χ1n) is 14.4. The van der Waals surface area contributed by atoms with E-state index in [2.05, 4.69) is 70.3 Å². The molecule has 1 aromatic heterocycles. The maximum absolute atomic E-state index is 14.5. The van der Waals surface area contributed by atoms with E-state index in [1.807, 2.05) is 6.92 Å². The number of anilines is 2. The molecule has 0 aliphatic rings. The van der Waals surface area contributed by atoms with Gasteiger partial charge in [-0.25, -0.2) is 13.8 Å². The zero-order chi connectivity index (χ0) is 29.0. The predicted molar refractivity (Wildman–Crippen MR) is 162 cm³/mol. The van der Waals surface area contributed by atoms with Crippen LogP contribution in [0.15, 0.2) is 42.7 Å². The normalized spacial score (nSPS) is 13.3. The zero-order valence-electron chi connectivity index (χ0n) is 24.3. The number of nitrogens with zero attached hydrogens (tertiary/aromatic N) is 2. The van der Waals surface area contributed by atoms with Gasteiger partial charge in [0.1, 0.15) is 18.0 Å². The summed E-state index contributed by atoms with van der Waals surface area (Å²) >= 11 is 1.17. The Morgan fingerprint density at radius 1 is 1.02 bits per heavy atom. The Labute approximate surface area is 242 Å². The van der Waals surface area contributed by atoms with Crippen molar-refractivity contribution in [3.8, 4) is 0 Å². The van der Waals surface area contributed by atoms with Crippen LogP contribution < -0.4 is 16.0 Å². The third-order valence-electron chi connectivity index (χ3n) is 7.03. The van der Waals surface area contributed by atoms with Crippen molar-refractivity contribution in [2.24, 2.45) is 0 Å². The molecule has 9 heteroatoms. The Balaban J connectivity index is 1.41. The summed E-state index contributed by atoms with van der Waals surface area (Å²) in [7, 11) is 0. The van der Waals surface area contributed by atoms with Gasteiger partial charge >= 0.3 is 0 Å². The highest BCUT2D eigenvalue weighted by Gasteiger charge is 2.23. The second-order valence-electron chi connectivity index (χ2n) is 11.4. The monoisotopic (exact) mass is 573 g/mol. The fourth-order valence-electron chi connectivity index (χ4n) is 4.77. The molecule has 4 N–H and O–H groups in total. The summed E-state index contributed by atoms with van der Waals surface area (Å²) in [5.41, 5.74) is 3.70. The van der Waals surface area contributed by atoms with Crippen LogP contribution in [0, 0.1) is 11.6 Å². The van der Waals surface area contributed by atoms with Crippen molar-refractivity contribution in [1.82, 2.24) is 14.7 Å². The first-order chi connectivity index (χ1) is 19.2. The summed E-state index contributed by atoms with van der Waals surface area (Å²) in [6.45, 7) is 10.3. The lowest BCUT2D eigenvalue weighted by atomic mass is 9.86. The molecule has 0 spiro atoms. The minimum atomic E-state index is -0.798. The van der Waals surface area contributed by atoms with Crippen molar-refractivity contribution in [1.29, 1.82) is 0 Å². The molecule has 2 unspecified atom stereocenters. The van der Waals surface area contributed by atoms with E-state index in [0.717, 1.165) is 31.9 Å². The van der Waals surface area contributed by atoms with Crippen molar-refractivity contribution in [3.63, 3.8) is 0 Å². The molecule has 0 aliphatic heterocycles. The maximum atomic E-state index is 14.5. The van der Waals surface area contributed by atoms with Crippen molar-refractivity contribution in [2.45, 2.75) is 90.2 Å². The average molecular weight is 574 g/mol. The maximum Gasteiger partial charge on any atom is 0.202 e. The number of hydrogen-bond donors (Lipinski definition) is 4. The number of halogens is 2. The summed E-state index contributed by atoms with van der Waals surface area (Å²) in [4.78, 5) is 4.15. The number of aromatic nitrogens is 2. The molecule has 40 heavy (non-hydrogen) atoms. The van der Waals surface area contributed by atoms with E-state index in [1.54, 1.807) is 0 Å². The molecule has 0 radical (unpaired) electrons. The molecule has 0 bridgehead atoms. The number of hydrogen-bond acceptors (Lipinski definition) is 7. The standard InChI is InChI=1S/C31H45F2N5OS/c1-5-35-29-23(17-25(32)19-26(29)33)18-27(38-30-36-21-37-40-30)28(39)20-34-15-10-8-6-7-9-12-22-13-11-14-24(16-22)31(2,3)4/h11,13-14,16-17,19,21,27-28,34-35,39H,5-10,12,15,18,20H2,1-4H3,(H,36,37,38). The molecule has 2 atom stereocenters. The Bertz CT molecular complexity index is 1150. The van der Waals surface area contributed by atoms with Gasteiger partial charge in [0.15, 0.2) is 0 Å². The highest BCUT2D eigenvalue weighted by Crippen LogP contribution is 2.26. The van der Waals surface area contributed by atoms with Gasteiger partial charge in [-0.2, -0.15) is 4.37 Å². The minimum Gasteiger partial charge on any atom is -0.390 e. The van der Waals surface area contributed by atoms with Gasteiger partial charge in [-0.15, -0.1) is 0 Å². The Morgan fingerprint density at radius 2 is 1.80 bits per heavy atom. The van der Waals surface area contributed by atoms with Crippen molar-refractivity contribution >= 4 is 22.4 Å². The summed E-state index contributed by atoms with van der Waals surface area (Å²) in [5.74, 6) is -1.28. The number of nitrogens with one attached hydrogen (secondary N) is 3. The Morgan fingerprint density at radius 3 is 2.52 bits per heavy atom. The van der Waals surface area contributed by atoms with E-state index in [-0.39, 0.29) is 17.5 Å². The Kier molecular flexibility index (Phi) is 12.7. The second-order valence-corrected chi connectivity index (χ2v) is 12.2. The lowest BCUT2D eigenvalue weighted by Crippen LogP contribution is -2.42. The van der Waals surface area contributed by atoms with Crippen LogP contribution in [0.3, 0.4) is 0 Å². The summed E-state index contributed by atoms with van der Waals surface area (Å²) < 4.78 is 32.5. The molecule has 1 heterocycles. The van der Waals surface area contributed by atoms with Crippen LogP contribution >= 0.6 is 11.5 Å². The van der Waals surface area contributed by atoms with Crippen LogP contribution in [0.2, 0.25) is 0 Å². The number of aryl methyl sites for hydroxylation is 1. The summed E-state index contributed by atoms with van der Waals surface area (Å²) in [6, 6.07) is 10.6. The number of aliphatic hydroxyl groups is 1. The van der Waals surface area contributed by atoms with E-state index in [4.69, 9.17) is 0 Å². The topological polar surface area (TPSA) is 82.1 Å². The molecule has 2 aromatic carbocycles. The van der Waals surface area contributed by atoms with E-state index in [1.165, 1.54) is 54.3 Å². The highest BCUT2D eigenvalue weighted by atomic mass is 32.1. The summed E-state index contributed by atoms with van der Waals surface area (Å²) in [6.07, 6.45) is 7.70. The van der Waals surface area contributed by atoms with Gasteiger partial charge in [0.25, 0.3) is 0 Å². The van der Waals surface area contributed by atoms with Gasteiger partial charge in [0, 0.05) is 30.7 Å². The third-order valence-corrected chi connectivity index (χ3v) is 7.63. The lowest BCUT2D eigenvalue weighted by Gasteiger charge is -2.25. The molecule has 0 amide bonds. The van der Waals surface area contributed by atoms with Gasteiger partial charge in [0.2, 0.25) is 5.13 Å². The molecule has 3 aromatic rings.